The quantitative estimate of drug-likeness (QED) is 0.765. The number of hydrogen-bond donors (Lipinski definition) is 2. The van der Waals surface area contributed by atoms with Gasteiger partial charge in [0.25, 0.3) is 0 Å². The summed E-state index contributed by atoms with van der Waals surface area (Å²) in [5, 5.41) is 9.82. The Morgan fingerprint density at radius 3 is 3.05 bits per heavy atom. The van der Waals surface area contributed by atoms with Crippen LogP contribution >= 0.6 is 0 Å². The lowest BCUT2D eigenvalue weighted by molar-refractivity contribution is -0.117. The minimum atomic E-state index is -0.481. The average Bonchev–Trinajstić information content (AvgIpc) is 3.01. The van der Waals surface area contributed by atoms with E-state index in [1.807, 2.05) is 0 Å². The van der Waals surface area contributed by atoms with E-state index in [0.717, 1.165) is 19.4 Å². The minimum absolute atomic E-state index is 0.147. The fraction of sp³-hybridized carbons (Fsp3) is 0.583. The summed E-state index contributed by atoms with van der Waals surface area (Å²) in [7, 11) is 1.67. The number of nitrogens with one attached hydrogen (secondary N) is 2. The zero-order valence-electron chi connectivity index (χ0n) is 11.1. The lowest BCUT2D eigenvalue weighted by Gasteiger charge is -2.12. The molecule has 1 aliphatic rings. The Balaban J connectivity index is 2.12. The first-order chi connectivity index (χ1) is 9.13. The number of aromatic nitrogens is 2. The van der Waals surface area contributed by atoms with E-state index >= 15 is 0 Å². The average molecular weight is 266 g/mol. The third-order valence-electron chi connectivity index (χ3n) is 3.05. The molecule has 7 heteroatoms. The summed E-state index contributed by atoms with van der Waals surface area (Å²) < 4.78 is 6.39. The van der Waals surface area contributed by atoms with Crippen LogP contribution in [0, 0.1) is 0 Å². The molecule has 2 rings (SSSR count). The molecule has 1 amide bonds. The molecule has 2 N–H and O–H groups in total. The molecule has 1 aromatic heterocycles. The van der Waals surface area contributed by atoms with E-state index in [0.29, 0.717) is 5.82 Å². The zero-order chi connectivity index (χ0) is 13.8. The summed E-state index contributed by atoms with van der Waals surface area (Å²) in [4.78, 5) is 23.8. The van der Waals surface area contributed by atoms with Crippen LogP contribution < -0.4 is 10.6 Å². The Morgan fingerprint density at radius 1 is 1.63 bits per heavy atom. The van der Waals surface area contributed by atoms with Gasteiger partial charge in [0.15, 0.2) is 0 Å². The number of carbonyl (C=O) groups is 2. The molecule has 7 nitrogen and oxygen atoms in total. The van der Waals surface area contributed by atoms with Crippen molar-refractivity contribution in [1.29, 1.82) is 0 Å². The summed E-state index contributed by atoms with van der Waals surface area (Å²) in [6, 6.07) is -0.204. The second-order valence-electron chi connectivity index (χ2n) is 4.39. The molecule has 104 valence electrons. The van der Waals surface area contributed by atoms with E-state index in [2.05, 4.69) is 15.7 Å². The van der Waals surface area contributed by atoms with Gasteiger partial charge in [-0.15, -0.1) is 0 Å². The van der Waals surface area contributed by atoms with E-state index in [4.69, 9.17) is 4.74 Å². The van der Waals surface area contributed by atoms with Gasteiger partial charge in [0.2, 0.25) is 5.91 Å². The maximum absolute atomic E-state index is 12.0. The number of carbonyl (C=O) groups excluding carboxylic acids is 2. The molecular weight excluding hydrogens is 248 g/mol. The standard InChI is InChI=1S/C12H18N4O3/c1-3-19-12(18)8-7-14-16(2)10(8)15-11(17)9-5-4-6-13-9/h7,9,13H,3-6H2,1-2H3,(H,15,17). The maximum atomic E-state index is 12.0. The number of hydrogen-bond acceptors (Lipinski definition) is 5. The molecule has 19 heavy (non-hydrogen) atoms. The highest BCUT2D eigenvalue weighted by atomic mass is 16.5. The molecule has 0 radical (unpaired) electrons. The van der Waals surface area contributed by atoms with Gasteiger partial charge in [-0.1, -0.05) is 0 Å². The number of anilines is 1. The van der Waals surface area contributed by atoms with Crippen molar-refractivity contribution >= 4 is 17.7 Å². The SMILES string of the molecule is CCOC(=O)c1cnn(C)c1NC(=O)C1CCCN1. The monoisotopic (exact) mass is 266 g/mol. The van der Waals surface area contributed by atoms with E-state index in [9.17, 15) is 9.59 Å². The summed E-state index contributed by atoms with van der Waals surface area (Å²) in [5.74, 6) is -0.255. The molecule has 1 fully saturated rings. The maximum Gasteiger partial charge on any atom is 0.343 e. The second kappa shape index (κ2) is 5.83. The molecule has 0 aliphatic carbocycles. The second-order valence-corrected chi connectivity index (χ2v) is 4.39. The zero-order valence-corrected chi connectivity index (χ0v) is 11.1. The predicted molar refractivity (Wildman–Crippen MR) is 68.8 cm³/mol. The van der Waals surface area contributed by atoms with Crippen molar-refractivity contribution in [3.63, 3.8) is 0 Å². The molecule has 0 saturated carbocycles. The Morgan fingerprint density at radius 2 is 2.42 bits per heavy atom. The van der Waals surface area contributed by atoms with Crippen LogP contribution in [0.2, 0.25) is 0 Å². The summed E-state index contributed by atoms with van der Waals surface area (Å²) in [6.07, 6.45) is 3.18. The van der Waals surface area contributed by atoms with Crippen molar-refractivity contribution in [2.45, 2.75) is 25.8 Å². The smallest absolute Gasteiger partial charge is 0.343 e. The van der Waals surface area contributed by atoms with E-state index in [-0.39, 0.29) is 24.1 Å². The number of ether oxygens (including phenoxy) is 1. The van der Waals surface area contributed by atoms with Crippen LogP contribution in [0.3, 0.4) is 0 Å². The van der Waals surface area contributed by atoms with Crippen molar-refractivity contribution in [3.8, 4) is 0 Å². The lowest BCUT2D eigenvalue weighted by atomic mass is 10.2. The van der Waals surface area contributed by atoms with Crippen LogP contribution in [0.15, 0.2) is 6.20 Å². The van der Waals surface area contributed by atoms with E-state index in [1.54, 1.807) is 14.0 Å². The van der Waals surface area contributed by atoms with Crippen molar-refractivity contribution < 1.29 is 14.3 Å². The Kier molecular flexibility index (Phi) is 4.16. The van der Waals surface area contributed by atoms with Gasteiger partial charge in [-0.25, -0.2) is 4.79 Å². The fourth-order valence-corrected chi connectivity index (χ4v) is 2.06. The number of amides is 1. The first-order valence-electron chi connectivity index (χ1n) is 6.37. The summed E-state index contributed by atoms with van der Waals surface area (Å²) in [6.45, 7) is 2.86. The number of nitrogens with zero attached hydrogens (tertiary/aromatic N) is 2. The number of esters is 1. The van der Waals surface area contributed by atoms with Gasteiger partial charge in [0, 0.05) is 7.05 Å². The molecule has 0 spiro atoms. The van der Waals surface area contributed by atoms with E-state index < -0.39 is 5.97 Å². The fourth-order valence-electron chi connectivity index (χ4n) is 2.06. The first-order valence-corrected chi connectivity index (χ1v) is 6.37. The largest absolute Gasteiger partial charge is 0.462 e. The van der Waals surface area contributed by atoms with Crippen LogP contribution in [0.1, 0.15) is 30.1 Å². The third-order valence-corrected chi connectivity index (χ3v) is 3.05. The van der Waals surface area contributed by atoms with Gasteiger partial charge in [-0.2, -0.15) is 5.10 Å². The highest BCUT2D eigenvalue weighted by molar-refractivity contribution is 6.01. The van der Waals surface area contributed by atoms with Gasteiger partial charge in [-0.05, 0) is 26.3 Å². The van der Waals surface area contributed by atoms with Crippen molar-refractivity contribution in [2.24, 2.45) is 7.05 Å². The minimum Gasteiger partial charge on any atom is -0.462 e. The third kappa shape index (κ3) is 2.93. The molecular formula is C12H18N4O3. The highest BCUT2D eigenvalue weighted by Crippen LogP contribution is 2.17. The Bertz CT molecular complexity index is 477. The number of aryl methyl sites for hydroxylation is 1. The van der Waals surface area contributed by atoms with Gasteiger partial charge in [-0.3, -0.25) is 9.48 Å². The number of rotatable bonds is 4. The molecule has 1 aliphatic heterocycles. The predicted octanol–water partition coefficient (Wildman–Crippen LogP) is 0.287. The normalized spacial score (nSPS) is 18.3. The summed E-state index contributed by atoms with van der Waals surface area (Å²) >= 11 is 0. The van der Waals surface area contributed by atoms with Gasteiger partial charge >= 0.3 is 5.97 Å². The molecule has 1 atom stereocenters. The molecule has 1 aromatic rings. The van der Waals surface area contributed by atoms with Crippen LogP contribution in [0.4, 0.5) is 5.82 Å². The van der Waals surface area contributed by atoms with Crippen LogP contribution in [0.25, 0.3) is 0 Å². The van der Waals surface area contributed by atoms with E-state index in [1.165, 1.54) is 10.9 Å². The van der Waals surface area contributed by atoms with Crippen molar-refractivity contribution in [1.82, 2.24) is 15.1 Å². The molecule has 0 aromatic carbocycles. The van der Waals surface area contributed by atoms with Crippen LogP contribution in [-0.4, -0.2) is 40.9 Å². The topological polar surface area (TPSA) is 85.2 Å². The lowest BCUT2D eigenvalue weighted by Crippen LogP contribution is -2.36. The first kappa shape index (κ1) is 13.5. The van der Waals surface area contributed by atoms with Gasteiger partial charge in [0.05, 0.1) is 18.8 Å². The van der Waals surface area contributed by atoms with Gasteiger partial charge < -0.3 is 15.4 Å². The van der Waals surface area contributed by atoms with Crippen molar-refractivity contribution in [2.75, 3.05) is 18.5 Å². The van der Waals surface area contributed by atoms with Gasteiger partial charge in [0.1, 0.15) is 11.4 Å². The van der Waals surface area contributed by atoms with Crippen LogP contribution in [0.5, 0.6) is 0 Å². The molecule has 0 bridgehead atoms. The summed E-state index contributed by atoms with van der Waals surface area (Å²) in [5.41, 5.74) is 0.274. The van der Waals surface area contributed by atoms with Crippen LogP contribution in [-0.2, 0) is 16.6 Å². The highest BCUT2D eigenvalue weighted by Gasteiger charge is 2.25. The molecule has 2 heterocycles. The Hall–Kier alpha value is -1.89. The Labute approximate surface area is 111 Å². The van der Waals surface area contributed by atoms with Crippen molar-refractivity contribution in [3.05, 3.63) is 11.8 Å². The molecule has 1 unspecified atom stereocenters. The molecule has 1 saturated heterocycles.